The zero-order valence-corrected chi connectivity index (χ0v) is 13.5. The van der Waals surface area contributed by atoms with Crippen LogP contribution in [0.15, 0.2) is 51.8 Å². The van der Waals surface area contributed by atoms with Gasteiger partial charge in [-0.2, -0.15) is 0 Å². The van der Waals surface area contributed by atoms with Crippen LogP contribution in [0.25, 0.3) is 0 Å². The third-order valence-corrected chi connectivity index (χ3v) is 4.74. The SMILES string of the molecule is O=C(O)c1ccc(NS(=O)(=O)c2cccc(Br)c2)cc1Cl. The molecular weight excluding hydrogens is 382 g/mol. The predicted octanol–water partition coefficient (Wildman–Crippen LogP) is 3.60. The first-order chi connectivity index (χ1) is 9.79. The Morgan fingerprint density at radius 2 is 1.90 bits per heavy atom. The molecule has 0 bridgehead atoms. The summed E-state index contributed by atoms with van der Waals surface area (Å²) in [5, 5.41) is 8.82. The Bertz CT molecular complexity index is 808. The zero-order valence-electron chi connectivity index (χ0n) is 10.4. The Labute approximate surface area is 134 Å². The van der Waals surface area contributed by atoms with Gasteiger partial charge in [0.05, 0.1) is 21.2 Å². The number of halogens is 2. The minimum absolute atomic E-state index is 0.0445. The molecule has 0 aliphatic heterocycles. The zero-order chi connectivity index (χ0) is 15.6. The van der Waals surface area contributed by atoms with Crippen molar-refractivity contribution in [2.24, 2.45) is 0 Å². The molecule has 2 rings (SSSR count). The number of anilines is 1. The lowest BCUT2D eigenvalue weighted by Crippen LogP contribution is -2.13. The molecule has 2 aromatic carbocycles. The summed E-state index contributed by atoms with van der Waals surface area (Å²) in [6.07, 6.45) is 0. The predicted molar refractivity (Wildman–Crippen MR) is 83.4 cm³/mol. The van der Waals surface area contributed by atoms with Gasteiger partial charge in [-0.1, -0.05) is 33.6 Å². The van der Waals surface area contributed by atoms with Gasteiger partial charge in [-0.05, 0) is 36.4 Å². The molecule has 0 spiro atoms. The van der Waals surface area contributed by atoms with Crippen LogP contribution in [0.5, 0.6) is 0 Å². The van der Waals surface area contributed by atoms with Crippen molar-refractivity contribution in [3.63, 3.8) is 0 Å². The van der Waals surface area contributed by atoms with Crippen LogP contribution in [0.4, 0.5) is 5.69 Å². The van der Waals surface area contributed by atoms with E-state index in [-0.39, 0.29) is 21.2 Å². The summed E-state index contributed by atoms with van der Waals surface area (Å²) in [5.41, 5.74) is 0.0899. The molecule has 0 saturated heterocycles. The number of carboxylic acid groups (broad SMARTS) is 1. The molecule has 110 valence electrons. The molecule has 0 amide bonds. The van der Waals surface area contributed by atoms with E-state index >= 15 is 0 Å². The molecule has 0 heterocycles. The van der Waals surface area contributed by atoms with Crippen LogP contribution in [0, 0.1) is 0 Å². The van der Waals surface area contributed by atoms with Crippen molar-refractivity contribution in [2.75, 3.05) is 4.72 Å². The fourth-order valence-electron chi connectivity index (χ4n) is 1.60. The molecule has 0 unspecified atom stereocenters. The van der Waals surface area contributed by atoms with Gasteiger partial charge in [0.25, 0.3) is 10.0 Å². The number of carbonyl (C=O) groups is 1. The molecule has 0 radical (unpaired) electrons. The van der Waals surface area contributed by atoms with Crippen LogP contribution in [0.3, 0.4) is 0 Å². The van der Waals surface area contributed by atoms with E-state index in [9.17, 15) is 13.2 Å². The first kappa shape index (κ1) is 15.8. The van der Waals surface area contributed by atoms with E-state index in [1.807, 2.05) is 0 Å². The van der Waals surface area contributed by atoms with Crippen molar-refractivity contribution in [2.45, 2.75) is 4.90 Å². The molecule has 0 aromatic heterocycles. The van der Waals surface area contributed by atoms with Crippen LogP contribution in [0.2, 0.25) is 5.02 Å². The van der Waals surface area contributed by atoms with Crippen molar-refractivity contribution < 1.29 is 18.3 Å². The number of rotatable bonds is 4. The van der Waals surface area contributed by atoms with Gasteiger partial charge >= 0.3 is 5.97 Å². The molecule has 2 N–H and O–H groups in total. The van der Waals surface area contributed by atoms with Gasteiger partial charge < -0.3 is 5.11 Å². The quantitative estimate of drug-likeness (QED) is 0.835. The topological polar surface area (TPSA) is 83.5 Å². The summed E-state index contributed by atoms with van der Waals surface area (Å²) in [6, 6.07) is 10.0. The van der Waals surface area contributed by atoms with Crippen LogP contribution in [0.1, 0.15) is 10.4 Å². The number of benzene rings is 2. The van der Waals surface area contributed by atoms with Gasteiger partial charge in [-0.25, -0.2) is 13.2 Å². The Balaban J connectivity index is 2.33. The monoisotopic (exact) mass is 389 g/mol. The van der Waals surface area contributed by atoms with Crippen molar-refractivity contribution in [1.82, 2.24) is 0 Å². The van der Waals surface area contributed by atoms with Crippen molar-refractivity contribution >= 4 is 49.2 Å². The number of aromatic carboxylic acids is 1. The minimum atomic E-state index is -3.77. The summed E-state index contributed by atoms with van der Waals surface area (Å²) in [4.78, 5) is 10.9. The molecule has 5 nitrogen and oxygen atoms in total. The summed E-state index contributed by atoms with van der Waals surface area (Å²) in [5.74, 6) is -1.18. The molecule has 0 atom stereocenters. The Hall–Kier alpha value is -1.57. The van der Waals surface area contributed by atoms with E-state index in [0.717, 1.165) is 0 Å². The van der Waals surface area contributed by atoms with Gasteiger partial charge in [0.1, 0.15) is 0 Å². The highest BCUT2D eigenvalue weighted by Gasteiger charge is 2.16. The highest BCUT2D eigenvalue weighted by Crippen LogP contribution is 2.24. The molecule has 0 fully saturated rings. The summed E-state index contributed by atoms with van der Waals surface area (Å²) < 4.78 is 27.4. The van der Waals surface area contributed by atoms with E-state index in [0.29, 0.717) is 4.47 Å². The van der Waals surface area contributed by atoms with Gasteiger partial charge in [0, 0.05) is 4.47 Å². The van der Waals surface area contributed by atoms with Gasteiger partial charge in [-0.3, -0.25) is 4.72 Å². The lowest BCUT2D eigenvalue weighted by molar-refractivity contribution is 0.0697. The van der Waals surface area contributed by atoms with E-state index in [1.54, 1.807) is 12.1 Å². The first-order valence-electron chi connectivity index (χ1n) is 5.61. The van der Waals surface area contributed by atoms with Crippen LogP contribution in [-0.2, 0) is 10.0 Å². The average Bonchev–Trinajstić information content (AvgIpc) is 2.37. The maximum Gasteiger partial charge on any atom is 0.337 e. The van der Waals surface area contributed by atoms with Crippen molar-refractivity contribution in [1.29, 1.82) is 0 Å². The highest BCUT2D eigenvalue weighted by atomic mass is 79.9. The second-order valence-electron chi connectivity index (χ2n) is 4.06. The third kappa shape index (κ3) is 3.75. The molecule has 0 aliphatic rings. The van der Waals surface area contributed by atoms with Crippen LogP contribution < -0.4 is 4.72 Å². The Kier molecular flexibility index (Phi) is 4.55. The molecule has 8 heteroatoms. The second kappa shape index (κ2) is 6.05. The van der Waals surface area contributed by atoms with Crippen molar-refractivity contribution in [3.8, 4) is 0 Å². The second-order valence-corrected chi connectivity index (χ2v) is 7.07. The summed E-state index contributed by atoms with van der Waals surface area (Å²) in [7, 11) is -3.77. The molecule has 0 aliphatic carbocycles. The maximum absolute atomic E-state index is 12.2. The largest absolute Gasteiger partial charge is 0.478 e. The first-order valence-corrected chi connectivity index (χ1v) is 8.26. The highest BCUT2D eigenvalue weighted by molar-refractivity contribution is 9.10. The smallest absolute Gasteiger partial charge is 0.337 e. The van der Waals surface area contributed by atoms with Gasteiger partial charge in [0.15, 0.2) is 0 Å². The van der Waals surface area contributed by atoms with Gasteiger partial charge in [0.2, 0.25) is 0 Å². The fourth-order valence-corrected chi connectivity index (χ4v) is 3.51. The fraction of sp³-hybridized carbons (Fsp3) is 0. The third-order valence-electron chi connectivity index (χ3n) is 2.56. The van der Waals surface area contributed by atoms with E-state index < -0.39 is 16.0 Å². The number of nitrogens with one attached hydrogen (secondary N) is 1. The van der Waals surface area contributed by atoms with Crippen LogP contribution in [-0.4, -0.2) is 19.5 Å². The lowest BCUT2D eigenvalue weighted by Gasteiger charge is -2.09. The standard InChI is InChI=1S/C13H9BrClNO4S/c14-8-2-1-3-10(6-8)21(19,20)16-9-4-5-11(13(17)18)12(15)7-9/h1-7,16H,(H,17,18). The number of sulfonamides is 1. The molecular formula is C13H9BrClNO4S. The summed E-state index contributed by atoms with van der Waals surface area (Å²) >= 11 is 9.00. The van der Waals surface area contributed by atoms with E-state index in [1.165, 1.54) is 30.3 Å². The normalized spacial score (nSPS) is 11.1. The van der Waals surface area contributed by atoms with Gasteiger partial charge in [-0.15, -0.1) is 0 Å². The lowest BCUT2D eigenvalue weighted by atomic mass is 10.2. The summed E-state index contributed by atoms with van der Waals surface area (Å²) in [6.45, 7) is 0. The van der Waals surface area contributed by atoms with Crippen LogP contribution >= 0.6 is 27.5 Å². The van der Waals surface area contributed by atoms with E-state index in [2.05, 4.69) is 20.7 Å². The number of hydrogen-bond acceptors (Lipinski definition) is 3. The molecule has 21 heavy (non-hydrogen) atoms. The Morgan fingerprint density at radius 3 is 2.48 bits per heavy atom. The number of hydrogen-bond donors (Lipinski definition) is 2. The molecule has 2 aromatic rings. The molecule has 0 saturated carbocycles. The minimum Gasteiger partial charge on any atom is -0.478 e. The van der Waals surface area contributed by atoms with Crippen molar-refractivity contribution in [3.05, 3.63) is 57.5 Å². The van der Waals surface area contributed by atoms with E-state index in [4.69, 9.17) is 16.7 Å². The number of carboxylic acids is 1. The average molecular weight is 391 g/mol. The maximum atomic E-state index is 12.2. The Morgan fingerprint density at radius 1 is 1.19 bits per heavy atom.